The molecule has 0 aromatic rings. The molecule has 17 heavy (non-hydrogen) atoms. The van der Waals surface area contributed by atoms with Gasteiger partial charge in [-0.15, -0.1) is 0 Å². The fraction of sp³-hybridized carbons (Fsp3) is 0.929. The summed E-state index contributed by atoms with van der Waals surface area (Å²) in [5.74, 6) is 1.61. The maximum Gasteiger partial charge on any atom is 0.238 e. The van der Waals surface area contributed by atoms with Gasteiger partial charge in [0, 0.05) is 6.04 Å². The zero-order valence-electron chi connectivity index (χ0n) is 12.0. The zero-order chi connectivity index (χ0) is 13.0. The predicted molar refractivity (Wildman–Crippen MR) is 71.6 cm³/mol. The highest BCUT2D eigenvalue weighted by Gasteiger charge is 2.33. The summed E-state index contributed by atoms with van der Waals surface area (Å²) in [5.41, 5.74) is 0. The number of carbonyl (C=O) groups excluding carboxylic acids is 1. The Labute approximate surface area is 106 Å². The average molecular weight is 240 g/mol. The summed E-state index contributed by atoms with van der Waals surface area (Å²) >= 11 is 0. The first-order chi connectivity index (χ1) is 7.91. The summed E-state index contributed by atoms with van der Waals surface area (Å²) in [6.07, 6.45) is 3.61. The van der Waals surface area contributed by atoms with E-state index in [4.69, 9.17) is 0 Å². The molecule has 2 unspecified atom stereocenters. The van der Waals surface area contributed by atoms with Gasteiger partial charge < -0.3 is 4.90 Å². The largest absolute Gasteiger partial charge is 0.323 e. The molecular formula is C14H28N2O. The number of hydrogen-bond donors (Lipinski definition) is 1. The number of hydrogen-bond acceptors (Lipinski definition) is 2. The third-order valence-corrected chi connectivity index (χ3v) is 3.44. The van der Waals surface area contributed by atoms with Crippen molar-refractivity contribution in [3.05, 3.63) is 0 Å². The van der Waals surface area contributed by atoms with Crippen LogP contribution in [0.15, 0.2) is 0 Å². The highest BCUT2D eigenvalue weighted by atomic mass is 16.2. The SMILES string of the molecule is CC(C)CCC(C)N1C(=O)CNC1CC(C)C. The van der Waals surface area contributed by atoms with E-state index in [9.17, 15) is 4.79 Å². The lowest BCUT2D eigenvalue weighted by Gasteiger charge is -2.31. The second-order valence-corrected chi connectivity index (χ2v) is 6.15. The first-order valence-electron chi connectivity index (χ1n) is 6.96. The molecule has 1 fully saturated rings. The molecule has 1 aliphatic rings. The predicted octanol–water partition coefficient (Wildman–Crippen LogP) is 2.62. The molecule has 1 saturated heterocycles. The van der Waals surface area contributed by atoms with Gasteiger partial charge in [-0.25, -0.2) is 0 Å². The van der Waals surface area contributed by atoms with E-state index in [0.29, 0.717) is 24.4 Å². The van der Waals surface area contributed by atoms with Crippen molar-refractivity contribution in [3.8, 4) is 0 Å². The minimum Gasteiger partial charge on any atom is -0.323 e. The van der Waals surface area contributed by atoms with E-state index >= 15 is 0 Å². The third kappa shape index (κ3) is 4.30. The summed E-state index contributed by atoms with van der Waals surface area (Å²) in [6, 6.07) is 0.364. The summed E-state index contributed by atoms with van der Waals surface area (Å²) in [4.78, 5) is 14.0. The van der Waals surface area contributed by atoms with Crippen LogP contribution in [-0.4, -0.2) is 29.6 Å². The highest BCUT2D eigenvalue weighted by Crippen LogP contribution is 2.20. The molecule has 1 rings (SSSR count). The van der Waals surface area contributed by atoms with Crippen molar-refractivity contribution >= 4 is 5.91 Å². The van der Waals surface area contributed by atoms with E-state index in [1.165, 1.54) is 6.42 Å². The van der Waals surface area contributed by atoms with Gasteiger partial charge in [-0.3, -0.25) is 10.1 Å². The maximum atomic E-state index is 11.9. The van der Waals surface area contributed by atoms with Gasteiger partial charge in [0.2, 0.25) is 5.91 Å². The van der Waals surface area contributed by atoms with Crippen molar-refractivity contribution in [2.75, 3.05) is 6.54 Å². The van der Waals surface area contributed by atoms with Crippen molar-refractivity contribution < 1.29 is 4.79 Å². The lowest BCUT2D eigenvalue weighted by molar-refractivity contribution is -0.130. The molecule has 1 aliphatic heterocycles. The standard InChI is InChI=1S/C14H28N2O/c1-10(2)6-7-12(5)16-13(8-11(3)4)15-9-14(16)17/h10-13,15H,6-9H2,1-5H3. The second-order valence-electron chi connectivity index (χ2n) is 6.15. The molecule has 1 N–H and O–H groups in total. The number of carbonyl (C=O) groups is 1. The summed E-state index contributed by atoms with van der Waals surface area (Å²) < 4.78 is 0. The van der Waals surface area contributed by atoms with Crippen LogP contribution in [0.2, 0.25) is 0 Å². The molecule has 0 aliphatic carbocycles. The van der Waals surface area contributed by atoms with Gasteiger partial charge in [-0.2, -0.15) is 0 Å². The van der Waals surface area contributed by atoms with Crippen LogP contribution in [0.1, 0.15) is 53.9 Å². The van der Waals surface area contributed by atoms with Crippen LogP contribution >= 0.6 is 0 Å². The normalized spacial score (nSPS) is 22.9. The first-order valence-corrected chi connectivity index (χ1v) is 6.96. The molecule has 100 valence electrons. The molecule has 1 amide bonds. The lowest BCUT2D eigenvalue weighted by Crippen LogP contribution is -2.44. The second kappa shape index (κ2) is 6.39. The van der Waals surface area contributed by atoms with Crippen LogP contribution in [0.3, 0.4) is 0 Å². The van der Waals surface area contributed by atoms with Crippen molar-refractivity contribution in [2.24, 2.45) is 11.8 Å². The lowest BCUT2D eigenvalue weighted by atomic mass is 10.0. The fourth-order valence-corrected chi connectivity index (χ4v) is 2.48. The monoisotopic (exact) mass is 240 g/mol. The molecule has 0 bridgehead atoms. The zero-order valence-corrected chi connectivity index (χ0v) is 12.0. The summed E-state index contributed by atoms with van der Waals surface area (Å²) in [6.45, 7) is 11.6. The fourth-order valence-electron chi connectivity index (χ4n) is 2.48. The van der Waals surface area contributed by atoms with Crippen molar-refractivity contribution in [1.82, 2.24) is 10.2 Å². The minimum absolute atomic E-state index is 0.254. The van der Waals surface area contributed by atoms with Crippen LogP contribution in [0.5, 0.6) is 0 Å². The minimum atomic E-state index is 0.254. The van der Waals surface area contributed by atoms with Crippen LogP contribution < -0.4 is 5.32 Å². The van der Waals surface area contributed by atoms with E-state index in [1.807, 2.05) is 0 Å². The Hall–Kier alpha value is -0.570. The van der Waals surface area contributed by atoms with Gasteiger partial charge in [-0.1, -0.05) is 27.7 Å². The molecule has 3 heteroatoms. The van der Waals surface area contributed by atoms with Crippen molar-refractivity contribution in [3.63, 3.8) is 0 Å². The van der Waals surface area contributed by atoms with Gasteiger partial charge >= 0.3 is 0 Å². The molecular weight excluding hydrogens is 212 g/mol. The van der Waals surface area contributed by atoms with E-state index in [1.54, 1.807) is 0 Å². The molecule has 0 radical (unpaired) electrons. The summed E-state index contributed by atoms with van der Waals surface area (Å²) in [7, 11) is 0. The number of rotatable bonds is 6. The Morgan fingerprint density at radius 2 is 1.82 bits per heavy atom. The Morgan fingerprint density at radius 3 is 2.35 bits per heavy atom. The first kappa shape index (κ1) is 14.5. The molecule has 3 nitrogen and oxygen atoms in total. The summed E-state index contributed by atoms with van der Waals surface area (Å²) in [5, 5.41) is 3.33. The van der Waals surface area contributed by atoms with Gasteiger partial charge in [0.05, 0.1) is 12.7 Å². The van der Waals surface area contributed by atoms with Crippen LogP contribution in [0.25, 0.3) is 0 Å². The van der Waals surface area contributed by atoms with E-state index < -0.39 is 0 Å². The number of nitrogens with zero attached hydrogens (tertiary/aromatic N) is 1. The molecule has 2 atom stereocenters. The van der Waals surface area contributed by atoms with E-state index in [-0.39, 0.29) is 12.1 Å². The van der Waals surface area contributed by atoms with Gasteiger partial charge in [0.1, 0.15) is 0 Å². The Kier molecular flexibility index (Phi) is 5.44. The molecule has 1 heterocycles. The van der Waals surface area contributed by atoms with Gasteiger partial charge in [0.25, 0.3) is 0 Å². The number of nitrogens with one attached hydrogen (secondary N) is 1. The molecule has 0 spiro atoms. The molecule has 0 aromatic heterocycles. The topological polar surface area (TPSA) is 32.3 Å². The van der Waals surface area contributed by atoms with Gasteiger partial charge in [0.15, 0.2) is 0 Å². The Balaban J connectivity index is 2.54. The van der Waals surface area contributed by atoms with Crippen LogP contribution in [-0.2, 0) is 4.79 Å². The maximum absolute atomic E-state index is 11.9. The van der Waals surface area contributed by atoms with Crippen LogP contribution in [0.4, 0.5) is 0 Å². The Morgan fingerprint density at radius 1 is 1.18 bits per heavy atom. The average Bonchev–Trinajstić information content (AvgIpc) is 2.55. The quantitative estimate of drug-likeness (QED) is 0.774. The number of amides is 1. The van der Waals surface area contributed by atoms with Gasteiger partial charge in [-0.05, 0) is 38.0 Å². The molecule has 0 aromatic carbocycles. The van der Waals surface area contributed by atoms with Crippen LogP contribution in [0, 0.1) is 11.8 Å². The van der Waals surface area contributed by atoms with Crippen molar-refractivity contribution in [2.45, 2.75) is 66.1 Å². The third-order valence-electron chi connectivity index (χ3n) is 3.44. The Bertz CT molecular complexity index is 251. The highest BCUT2D eigenvalue weighted by molar-refractivity contribution is 5.80. The van der Waals surface area contributed by atoms with E-state index in [0.717, 1.165) is 12.8 Å². The van der Waals surface area contributed by atoms with Crippen molar-refractivity contribution in [1.29, 1.82) is 0 Å². The molecule has 0 saturated carbocycles. The van der Waals surface area contributed by atoms with E-state index in [2.05, 4.69) is 44.8 Å². The smallest absolute Gasteiger partial charge is 0.238 e.